The molecular weight excluding hydrogens is 276 g/mol. The normalized spacial score (nSPS) is 11.1. The van der Waals surface area contributed by atoms with Crippen molar-refractivity contribution in [1.82, 2.24) is 9.13 Å². The molecule has 0 aliphatic rings. The molecule has 0 spiro atoms. The summed E-state index contributed by atoms with van der Waals surface area (Å²) in [5.41, 5.74) is 4.59. The average molecular weight is 290 g/mol. The summed E-state index contributed by atoms with van der Waals surface area (Å²) in [7, 11) is 2.73. The predicted molar refractivity (Wildman–Crippen MR) is 78.4 cm³/mol. The van der Waals surface area contributed by atoms with Crippen molar-refractivity contribution in [3.05, 3.63) is 44.6 Å². The number of benzene rings is 1. The van der Waals surface area contributed by atoms with Crippen LogP contribution in [-0.2, 0) is 14.1 Å². The van der Waals surface area contributed by atoms with Gasteiger partial charge in [0.2, 0.25) is 0 Å². The lowest BCUT2D eigenvalue weighted by molar-refractivity contribution is 0.403. The summed E-state index contributed by atoms with van der Waals surface area (Å²) in [6.07, 6.45) is 1.19. The molecule has 0 saturated carbocycles. The number of aliphatic imine (C=N–C) groups is 1. The van der Waals surface area contributed by atoms with E-state index in [1.165, 1.54) is 38.5 Å². The second-order valence-corrected chi connectivity index (χ2v) is 4.41. The van der Waals surface area contributed by atoms with E-state index in [-0.39, 0.29) is 28.6 Å². The Morgan fingerprint density at radius 2 is 1.86 bits per heavy atom. The van der Waals surface area contributed by atoms with Gasteiger partial charge in [-0.25, -0.2) is 9.79 Å². The third-order valence-electron chi connectivity index (χ3n) is 3.06. The van der Waals surface area contributed by atoms with E-state index in [9.17, 15) is 19.8 Å². The van der Waals surface area contributed by atoms with E-state index >= 15 is 0 Å². The number of nitrogens with two attached hydrogens (primary N) is 1. The lowest BCUT2D eigenvalue weighted by atomic mass is 10.2. The average Bonchev–Trinajstić information content (AvgIpc) is 2.47. The molecule has 0 aliphatic carbocycles. The summed E-state index contributed by atoms with van der Waals surface area (Å²) >= 11 is 0. The van der Waals surface area contributed by atoms with Crippen LogP contribution in [0.5, 0.6) is 11.5 Å². The van der Waals surface area contributed by atoms with Crippen LogP contribution in [0.25, 0.3) is 0 Å². The molecule has 0 atom stereocenters. The Morgan fingerprint density at radius 3 is 2.52 bits per heavy atom. The van der Waals surface area contributed by atoms with Crippen LogP contribution < -0.4 is 17.0 Å². The highest BCUT2D eigenvalue weighted by atomic mass is 16.3. The maximum Gasteiger partial charge on any atom is 0.332 e. The quantitative estimate of drug-likeness (QED) is 0.523. The lowest BCUT2D eigenvalue weighted by Crippen LogP contribution is -2.37. The maximum absolute atomic E-state index is 12.0. The van der Waals surface area contributed by atoms with Gasteiger partial charge in [0.15, 0.2) is 17.2 Å². The monoisotopic (exact) mass is 290 g/mol. The molecule has 0 bridgehead atoms. The van der Waals surface area contributed by atoms with Crippen molar-refractivity contribution < 1.29 is 10.2 Å². The third kappa shape index (κ3) is 2.38. The lowest BCUT2D eigenvalue weighted by Gasteiger charge is -2.08. The Morgan fingerprint density at radius 1 is 1.19 bits per heavy atom. The number of phenols is 2. The molecule has 1 aromatic heterocycles. The van der Waals surface area contributed by atoms with E-state index in [0.717, 1.165) is 9.13 Å². The standard InChI is InChI=1S/C13H14N4O4/c1-16-11(14)9(12(20)17(2)13(16)21)15-6-7-4-3-5-8(18)10(7)19/h3-6,18-19H,14H2,1-2H3. The van der Waals surface area contributed by atoms with Gasteiger partial charge in [0.25, 0.3) is 5.56 Å². The first kappa shape index (κ1) is 14.4. The van der Waals surface area contributed by atoms with Crippen molar-refractivity contribution in [3.63, 3.8) is 0 Å². The summed E-state index contributed by atoms with van der Waals surface area (Å²) in [6.45, 7) is 0. The largest absolute Gasteiger partial charge is 0.504 e. The van der Waals surface area contributed by atoms with Gasteiger partial charge < -0.3 is 15.9 Å². The highest BCUT2D eigenvalue weighted by molar-refractivity contribution is 5.87. The van der Waals surface area contributed by atoms with Gasteiger partial charge in [0.05, 0.1) is 0 Å². The second-order valence-electron chi connectivity index (χ2n) is 4.41. The molecule has 0 amide bonds. The molecule has 0 fully saturated rings. The van der Waals surface area contributed by atoms with Gasteiger partial charge in [-0.05, 0) is 12.1 Å². The van der Waals surface area contributed by atoms with Crippen LogP contribution in [0.4, 0.5) is 11.5 Å². The number of para-hydroxylation sites is 1. The van der Waals surface area contributed by atoms with Gasteiger partial charge in [0, 0.05) is 25.9 Å². The molecule has 21 heavy (non-hydrogen) atoms. The summed E-state index contributed by atoms with van der Waals surface area (Å²) < 4.78 is 1.97. The Bertz CT molecular complexity index is 848. The summed E-state index contributed by atoms with van der Waals surface area (Å²) in [5, 5.41) is 19.0. The highest BCUT2D eigenvalue weighted by Crippen LogP contribution is 2.27. The number of nitrogen functional groups attached to an aromatic ring is 1. The van der Waals surface area contributed by atoms with Gasteiger partial charge in [0.1, 0.15) is 5.82 Å². The van der Waals surface area contributed by atoms with Crippen LogP contribution in [0.2, 0.25) is 0 Å². The fourth-order valence-electron chi connectivity index (χ4n) is 1.75. The number of rotatable bonds is 2. The van der Waals surface area contributed by atoms with Crippen LogP contribution >= 0.6 is 0 Å². The molecule has 4 N–H and O–H groups in total. The topological polar surface area (TPSA) is 123 Å². The number of hydrogen-bond donors (Lipinski definition) is 3. The second kappa shape index (κ2) is 5.16. The molecule has 1 aromatic carbocycles. The molecule has 0 unspecified atom stereocenters. The highest BCUT2D eigenvalue weighted by Gasteiger charge is 2.12. The molecule has 110 valence electrons. The van der Waals surface area contributed by atoms with E-state index < -0.39 is 11.2 Å². The number of phenolic OH excluding ortho intramolecular Hbond substituents is 2. The van der Waals surface area contributed by atoms with E-state index in [4.69, 9.17) is 5.73 Å². The van der Waals surface area contributed by atoms with Gasteiger partial charge >= 0.3 is 5.69 Å². The number of anilines is 1. The Kier molecular flexibility index (Phi) is 3.53. The van der Waals surface area contributed by atoms with E-state index in [2.05, 4.69) is 4.99 Å². The molecule has 8 nitrogen and oxygen atoms in total. The summed E-state index contributed by atoms with van der Waals surface area (Å²) in [4.78, 5) is 27.6. The van der Waals surface area contributed by atoms with Crippen LogP contribution in [0.1, 0.15) is 5.56 Å². The van der Waals surface area contributed by atoms with Gasteiger partial charge in [-0.3, -0.25) is 13.9 Å². The van der Waals surface area contributed by atoms with Crippen LogP contribution in [-0.4, -0.2) is 25.6 Å². The van der Waals surface area contributed by atoms with Crippen molar-refractivity contribution in [2.24, 2.45) is 19.1 Å². The van der Waals surface area contributed by atoms with E-state index in [0.29, 0.717) is 0 Å². The first-order valence-corrected chi connectivity index (χ1v) is 5.95. The van der Waals surface area contributed by atoms with E-state index in [1.807, 2.05) is 0 Å². The Labute approximate surface area is 119 Å². The Balaban J connectivity index is 2.60. The molecule has 8 heteroatoms. The number of hydrogen-bond acceptors (Lipinski definition) is 6. The van der Waals surface area contributed by atoms with Crippen molar-refractivity contribution >= 4 is 17.7 Å². The molecule has 2 aromatic rings. The fourth-order valence-corrected chi connectivity index (χ4v) is 1.75. The SMILES string of the molecule is Cn1c(N)c(N=Cc2cccc(O)c2O)c(=O)n(C)c1=O. The number of nitrogens with zero attached hydrogens (tertiary/aromatic N) is 3. The number of aromatic hydroxyl groups is 2. The zero-order valence-corrected chi connectivity index (χ0v) is 11.4. The van der Waals surface area contributed by atoms with E-state index in [1.54, 1.807) is 0 Å². The zero-order chi connectivity index (χ0) is 15.7. The van der Waals surface area contributed by atoms with Crippen molar-refractivity contribution in [2.75, 3.05) is 5.73 Å². The number of aromatic nitrogens is 2. The molecular formula is C13H14N4O4. The first-order chi connectivity index (χ1) is 9.84. The van der Waals surface area contributed by atoms with Crippen LogP contribution in [0, 0.1) is 0 Å². The minimum absolute atomic E-state index is 0.0843. The van der Waals surface area contributed by atoms with Gasteiger partial charge in [-0.2, -0.15) is 0 Å². The minimum Gasteiger partial charge on any atom is -0.504 e. The molecule has 2 rings (SSSR count). The molecule has 0 aliphatic heterocycles. The predicted octanol–water partition coefficient (Wildman–Crippen LogP) is -0.172. The van der Waals surface area contributed by atoms with Crippen LogP contribution in [0.15, 0.2) is 32.8 Å². The molecule has 0 saturated heterocycles. The molecule has 0 radical (unpaired) electrons. The van der Waals surface area contributed by atoms with Crippen molar-refractivity contribution in [3.8, 4) is 11.5 Å². The van der Waals surface area contributed by atoms with Gasteiger partial charge in [-0.1, -0.05) is 6.07 Å². The third-order valence-corrected chi connectivity index (χ3v) is 3.06. The van der Waals surface area contributed by atoms with Crippen molar-refractivity contribution in [1.29, 1.82) is 0 Å². The summed E-state index contributed by atoms with van der Waals surface area (Å²) in [5.74, 6) is -0.749. The first-order valence-electron chi connectivity index (χ1n) is 5.95. The molecule has 1 heterocycles. The Hall–Kier alpha value is -3.03. The van der Waals surface area contributed by atoms with Crippen molar-refractivity contribution in [2.45, 2.75) is 0 Å². The smallest absolute Gasteiger partial charge is 0.332 e. The minimum atomic E-state index is -0.647. The van der Waals surface area contributed by atoms with Gasteiger partial charge in [-0.15, -0.1) is 0 Å². The fraction of sp³-hybridized carbons (Fsp3) is 0.154. The maximum atomic E-state index is 12.0. The summed E-state index contributed by atoms with van der Waals surface area (Å²) in [6, 6.07) is 4.33. The van der Waals surface area contributed by atoms with Crippen LogP contribution in [0.3, 0.4) is 0 Å². The zero-order valence-electron chi connectivity index (χ0n) is 11.4.